The average Bonchev–Trinajstić information content (AvgIpc) is 2.48. The summed E-state index contributed by atoms with van der Waals surface area (Å²) in [5.74, 6) is 0.710. The first kappa shape index (κ1) is 18.6. The summed E-state index contributed by atoms with van der Waals surface area (Å²) >= 11 is 3.45. The molecule has 0 aliphatic carbocycles. The maximum atomic E-state index is 12.1. The lowest BCUT2D eigenvalue weighted by Gasteiger charge is -2.40. The van der Waals surface area contributed by atoms with Gasteiger partial charge in [0.05, 0.1) is 16.1 Å². The van der Waals surface area contributed by atoms with E-state index in [1.54, 1.807) is 23.1 Å². The zero-order valence-corrected chi connectivity index (χ0v) is 16.1. The van der Waals surface area contributed by atoms with E-state index >= 15 is 0 Å². The molecular weight excluding hydrogens is 372 g/mol. The van der Waals surface area contributed by atoms with Crippen LogP contribution in [0.15, 0.2) is 22.7 Å². The number of rotatable bonds is 2. The Morgan fingerprint density at radius 2 is 1.96 bits per heavy atom. The van der Waals surface area contributed by atoms with E-state index in [4.69, 9.17) is 14.7 Å². The van der Waals surface area contributed by atoms with Crippen LogP contribution in [0.2, 0.25) is 0 Å². The summed E-state index contributed by atoms with van der Waals surface area (Å²) in [6.07, 6.45) is 1.17. The smallest absolute Gasteiger partial charge is 0.410 e. The van der Waals surface area contributed by atoms with E-state index in [2.05, 4.69) is 22.0 Å². The van der Waals surface area contributed by atoms with Gasteiger partial charge in [0.15, 0.2) is 0 Å². The van der Waals surface area contributed by atoms with E-state index in [1.165, 1.54) is 0 Å². The predicted octanol–water partition coefficient (Wildman–Crippen LogP) is 4.49. The lowest BCUT2D eigenvalue weighted by atomic mass is 9.93. The number of benzene rings is 1. The normalized spacial score (nSPS) is 17.1. The lowest BCUT2D eigenvalue weighted by molar-refractivity contribution is -0.0101. The molecule has 1 aliphatic heterocycles. The molecule has 1 aromatic carbocycles. The number of nitrogens with zero attached hydrogens (tertiary/aromatic N) is 2. The van der Waals surface area contributed by atoms with Crippen LogP contribution in [0.5, 0.6) is 5.75 Å². The Balaban J connectivity index is 1.97. The molecule has 6 heteroatoms. The monoisotopic (exact) mass is 394 g/mol. The van der Waals surface area contributed by atoms with E-state index in [1.807, 2.05) is 27.7 Å². The SMILES string of the molecule is CC(C)(C)OC(=O)N1CCC(C)(Oc2ccc(C#N)cc2Br)CC1. The zero-order valence-electron chi connectivity index (χ0n) is 14.6. The molecule has 0 saturated carbocycles. The minimum atomic E-state index is -0.484. The molecule has 0 bridgehead atoms. The number of carbonyl (C=O) groups excluding carboxylic acids is 1. The molecule has 1 heterocycles. The Labute approximate surface area is 151 Å². The fraction of sp³-hybridized carbons (Fsp3) is 0.556. The first-order chi connectivity index (χ1) is 11.1. The lowest BCUT2D eigenvalue weighted by Crippen LogP contribution is -2.49. The van der Waals surface area contributed by atoms with Crippen LogP contribution < -0.4 is 4.74 Å². The highest BCUT2D eigenvalue weighted by Gasteiger charge is 2.35. The summed E-state index contributed by atoms with van der Waals surface area (Å²) in [6.45, 7) is 8.84. The molecule has 0 spiro atoms. The van der Waals surface area contributed by atoms with E-state index in [-0.39, 0.29) is 11.7 Å². The van der Waals surface area contributed by atoms with Crippen LogP contribution >= 0.6 is 15.9 Å². The number of hydrogen-bond acceptors (Lipinski definition) is 4. The van der Waals surface area contributed by atoms with Crippen molar-refractivity contribution in [3.05, 3.63) is 28.2 Å². The molecule has 0 N–H and O–H groups in total. The minimum Gasteiger partial charge on any atom is -0.486 e. The fourth-order valence-corrected chi connectivity index (χ4v) is 2.97. The Bertz CT molecular complexity index is 653. The van der Waals surface area contributed by atoms with Crippen LogP contribution in [0.4, 0.5) is 4.79 Å². The average molecular weight is 395 g/mol. The van der Waals surface area contributed by atoms with Crippen molar-refractivity contribution in [1.29, 1.82) is 5.26 Å². The van der Waals surface area contributed by atoms with Gasteiger partial charge in [0.2, 0.25) is 0 Å². The van der Waals surface area contributed by atoms with Crippen LogP contribution in [0.3, 0.4) is 0 Å². The van der Waals surface area contributed by atoms with Gasteiger partial charge < -0.3 is 14.4 Å². The molecule has 1 fully saturated rings. The molecule has 24 heavy (non-hydrogen) atoms. The molecule has 5 nitrogen and oxygen atoms in total. The van der Waals surface area contributed by atoms with Gasteiger partial charge >= 0.3 is 6.09 Å². The summed E-state index contributed by atoms with van der Waals surface area (Å²) in [5, 5.41) is 8.93. The number of hydrogen-bond donors (Lipinski definition) is 0. The highest BCUT2D eigenvalue weighted by molar-refractivity contribution is 9.10. The van der Waals surface area contributed by atoms with Gasteiger partial charge in [-0.1, -0.05) is 0 Å². The van der Waals surface area contributed by atoms with E-state index < -0.39 is 5.60 Å². The number of ether oxygens (including phenoxy) is 2. The quantitative estimate of drug-likeness (QED) is 0.740. The molecule has 1 amide bonds. The molecule has 2 rings (SSSR count). The van der Waals surface area contributed by atoms with Crippen LogP contribution in [0, 0.1) is 11.3 Å². The molecule has 0 atom stereocenters. The van der Waals surface area contributed by atoms with Crippen LogP contribution in [0.25, 0.3) is 0 Å². The van der Waals surface area contributed by atoms with Gasteiger partial charge in [-0.2, -0.15) is 5.26 Å². The van der Waals surface area contributed by atoms with Gasteiger partial charge in [0, 0.05) is 25.9 Å². The fourth-order valence-electron chi connectivity index (χ4n) is 2.51. The third-order valence-electron chi connectivity index (χ3n) is 3.89. The topological polar surface area (TPSA) is 62.6 Å². The molecular formula is C18H23BrN2O3. The third-order valence-corrected chi connectivity index (χ3v) is 4.51. The van der Waals surface area contributed by atoms with Crippen molar-refractivity contribution in [3.63, 3.8) is 0 Å². The molecule has 1 aliphatic rings. The van der Waals surface area contributed by atoms with E-state index in [0.29, 0.717) is 24.4 Å². The van der Waals surface area contributed by atoms with Gasteiger partial charge in [-0.05, 0) is 61.8 Å². The van der Waals surface area contributed by atoms with Gasteiger partial charge in [-0.15, -0.1) is 0 Å². The Morgan fingerprint density at radius 1 is 1.33 bits per heavy atom. The number of halogens is 1. The second kappa shape index (κ2) is 7.02. The number of nitriles is 1. The minimum absolute atomic E-state index is 0.274. The van der Waals surface area contributed by atoms with E-state index in [9.17, 15) is 4.79 Å². The molecule has 0 unspecified atom stereocenters. The Hall–Kier alpha value is -1.74. The summed E-state index contributed by atoms with van der Waals surface area (Å²) in [4.78, 5) is 13.9. The second-order valence-electron chi connectivity index (χ2n) is 7.28. The maximum absolute atomic E-state index is 12.1. The number of piperidine rings is 1. The predicted molar refractivity (Wildman–Crippen MR) is 94.9 cm³/mol. The highest BCUT2D eigenvalue weighted by Crippen LogP contribution is 2.33. The van der Waals surface area contributed by atoms with Gasteiger partial charge in [0.25, 0.3) is 0 Å². The van der Waals surface area contributed by atoms with Crippen molar-refractivity contribution >= 4 is 22.0 Å². The van der Waals surface area contributed by atoms with Gasteiger partial charge in [0.1, 0.15) is 17.0 Å². The third kappa shape index (κ3) is 4.88. The number of carbonyl (C=O) groups is 1. The largest absolute Gasteiger partial charge is 0.486 e. The molecule has 0 aromatic heterocycles. The Morgan fingerprint density at radius 3 is 2.46 bits per heavy atom. The molecule has 130 valence electrons. The van der Waals surface area contributed by atoms with Gasteiger partial charge in [-0.25, -0.2) is 4.79 Å². The number of likely N-dealkylation sites (tertiary alicyclic amines) is 1. The van der Waals surface area contributed by atoms with Crippen molar-refractivity contribution in [2.45, 2.75) is 51.7 Å². The standard InChI is InChI=1S/C18H23BrN2O3/c1-17(2,3)24-16(22)21-9-7-18(4,8-10-21)23-15-6-5-13(12-20)11-14(15)19/h5-6,11H,7-10H2,1-4H3. The van der Waals surface area contributed by atoms with E-state index in [0.717, 1.165) is 17.3 Å². The van der Waals surface area contributed by atoms with Crippen LogP contribution in [-0.2, 0) is 4.74 Å². The van der Waals surface area contributed by atoms with Crippen LogP contribution in [0.1, 0.15) is 46.1 Å². The van der Waals surface area contributed by atoms with Crippen molar-refractivity contribution in [2.24, 2.45) is 0 Å². The first-order valence-electron chi connectivity index (χ1n) is 7.98. The molecule has 1 saturated heterocycles. The van der Waals surface area contributed by atoms with Crippen molar-refractivity contribution in [3.8, 4) is 11.8 Å². The Kier molecular flexibility index (Phi) is 5.44. The summed E-state index contributed by atoms with van der Waals surface area (Å²) in [5.41, 5.74) is -0.254. The summed E-state index contributed by atoms with van der Waals surface area (Å²) in [7, 11) is 0. The maximum Gasteiger partial charge on any atom is 0.410 e. The van der Waals surface area contributed by atoms with Crippen molar-refractivity contribution in [1.82, 2.24) is 4.90 Å². The summed E-state index contributed by atoms with van der Waals surface area (Å²) in [6, 6.07) is 7.38. The summed E-state index contributed by atoms with van der Waals surface area (Å²) < 4.78 is 12.3. The van der Waals surface area contributed by atoms with Crippen molar-refractivity contribution in [2.75, 3.05) is 13.1 Å². The second-order valence-corrected chi connectivity index (χ2v) is 8.13. The van der Waals surface area contributed by atoms with Crippen LogP contribution in [-0.4, -0.2) is 35.3 Å². The first-order valence-corrected chi connectivity index (χ1v) is 8.78. The molecule has 0 radical (unpaired) electrons. The van der Waals surface area contributed by atoms with Gasteiger partial charge in [-0.3, -0.25) is 0 Å². The molecule has 1 aromatic rings. The number of amides is 1. The highest BCUT2D eigenvalue weighted by atomic mass is 79.9. The zero-order chi connectivity index (χ0) is 18.0. The van der Waals surface area contributed by atoms with Crippen molar-refractivity contribution < 1.29 is 14.3 Å².